The van der Waals surface area contributed by atoms with Crippen molar-refractivity contribution >= 4 is 12.0 Å². The van der Waals surface area contributed by atoms with Gasteiger partial charge in [-0.25, -0.2) is 4.79 Å². The lowest BCUT2D eigenvalue weighted by atomic mass is 9.85. The molecule has 0 aliphatic carbocycles. The van der Waals surface area contributed by atoms with Crippen molar-refractivity contribution in [1.82, 2.24) is 10.2 Å². The maximum atomic E-state index is 13.1. The van der Waals surface area contributed by atoms with Crippen molar-refractivity contribution in [2.75, 3.05) is 6.54 Å². The molecule has 2 amide bonds. The predicted molar refractivity (Wildman–Crippen MR) is 109 cm³/mol. The lowest BCUT2D eigenvalue weighted by molar-refractivity contribution is -0.129. The topological polar surface area (TPSA) is 112 Å². The van der Waals surface area contributed by atoms with Crippen molar-refractivity contribution in [2.45, 2.75) is 76.9 Å². The summed E-state index contributed by atoms with van der Waals surface area (Å²) in [5.74, 6) is 0.137. The summed E-state index contributed by atoms with van der Waals surface area (Å²) in [4.78, 5) is 27.1. The molecule has 2 N–H and O–H groups in total. The summed E-state index contributed by atoms with van der Waals surface area (Å²) in [7, 11) is 0. The standard InChI is InChI=1S/C22H29N3O5/c1-21(2,3)30-20(28)25-10-6-7-15(25)19(27)24-17-14-11-13(12-23)8-9-16(14)29-22(4,5)18(17)26/h8-9,11,15,17-18,26H,6-7,10H2,1-5H3,(H,24,27). The van der Waals surface area contributed by atoms with Gasteiger partial charge < -0.3 is 19.9 Å². The number of carbonyl (C=O) groups is 2. The third kappa shape index (κ3) is 4.36. The van der Waals surface area contributed by atoms with Gasteiger partial charge >= 0.3 is 6.09 Å². The van der Waals surface area contributed by atoms with E-state index in [0.717, 1.165) is 0 Å². The molecular formula is C22H29N3O5. The highest BCUT2D eigenvalue weighted by atomic mass is 16.6. The number of nitrogens with one attached hydrogen (secondary N) is 1. The van der Waals surface area contributed by atoms with Gasteiger partial charge in [0.25, 0.3) is 0 Å². The van der Waals surface area contributed by atoms with Gasteiger partial charge in [-0.05, 0) is 65.7 Å². The average molecular weight is 415 g/mol. The number of aliphatic hydroxyl groups excluding tert-OH is 1. The number of carbonyl (C=O) groups excluding carboxylic acids is 2. The number of likely N-dealkylation sites (tertiary alicyclic amines) is 1. The summed E-state index contributed by atoms with van der Waals surface area (Å²) in [5, 5.41) is 23.0. The zero-order valence-corrected chi connectivity index (χ0v) is 18.1. The van der Waals surface area contributed by atoms with Crippen molar-refractivity contribution < 1.29 is 24.2 Å². The molecule has 2 heterocycles. The molecule has 1 saturated heterocycles. The van der Waals surface area contributed by atoms with Crippen LogP contribution in [0.1, 0.15) is 64.6 Å². The molecule has 1 fully saturated rings. The van der Waals surface area contributed by atoms with E-state index in [9.17, 15) is 20.0 Å². The second kappa shape index (κ2) is 7.80. The molecule has 1 aromatic rings. The van der Waals surface area contributed by atoms with E-state index in [4.69, 9.17) is 9.47 Å². The smallest absolute Gasteiger partial charge is 0.410 e. The molecule has 0 spiro atoms. The average Bonchev–Trinajstić information content (AvgIpc) is 3.13. The first-order chi connectivity index (χ1) is 13.9. The van der Waals surface area contributed by atoms with E-state index in [-0.39, 0.29) is 5.91 Å². The fourth-order valence-electron chi connectivity index (χ4n) is 3.85. The normalized spacial score (nSPS) is 25.0. The number of hydrogen-bond acceptors (Lipinski definition) is 6. The monoisotopic (exact) mass is 415 g/mol. The van der Waals surface area contributed by atoms with Crippen LogP contribution in [0.5, 0.6) is 5.75 Å². The van der Waals surface area contributed by atoms with E-state index < -0.39 is 35.5 Å². The second-order valence-corrected chi connectivity index (χ2v) is 9.33. The molecule has 8 nitrogen and oxygen atoms in total. The molecule has 3 atom stereocenters. The van der Waals surface area contributed by atoms with Crippen LogP contribution >= 0.6 is 0 Å². The lowest BCUT2D eigenvalue weighted by Crippen LogP contribution is -2.56. The Morgan fingerprint density at radius 2 is 2.07 bits per heavy atom. The van der Waals surface area contributed by atoms with E-state index in [0.29, 0.717) is 36.3 Å². The number of rotatable bonds is 2. The number of ether oxygens (including phenoxy) is 2. The van der Waals surface area contributed by atoms with Gasteiger partial charge in [0, 0.05) is 12.1 Å². The van der Waals surface area contributed by atoms with Crippen molar-refractivity contribution in [1.29, 1.82) is 5.26 Å². The summed E-state index contributed by atoms with van der Waals surface area (Å²) < 4.78 is 11.3. The summed E-state index contributed by atoms with van der Waals surface area (Å²) in [6.45, 7) is 9.24. The van der Waals surface area contributed by atoms with Gasteiger partial charge in [0.2, 0.25) is 5.91 Å². The van der Waals surface area contributed by atoms with Gasteiger partial charge in [0.15, 0.2) is 0 Å². The minimum absolute atomic E-state index is 0.367. The van der Waals surface area contributed by atoms with Gasteiger partial charge in [0.05, 0.1) is 17.7 Å². The molecule has 1 aromatic carbocycles. The molecule has 2 aliphatic heterocycles. The van der Waals surface area contributed by atoms with Crippen LogP contribution in [-0.4, -0.2) is 51.9 Å². The Labute approximate surface area is 176 Å². The molecule has 0 saturated carbocycles. The van der Waals surface area contributed by atoms with Crippen LogP contribution in [0.4, 0.5) is 4.79 Å². The molecule has 3 unspecified atom stereocenters. The molecular weight excluding hydrogens is 386 g/mol. The minimum Gasteiger partial charge on any atom is -0.485 e. The highest BCUT2D eigenvalue weighted by Crippen LogP contribution is 2.40. The van der Waals surface area contributed by atoms with E-state index in [1.807, 2.05) is 0 Å². The molecule has 162 valence electrons. The number of fused-ring (bicyclic) bond motifs is 1. The lowest BCUT2D eigenvalue weighted by Gasteiger charge is -2.42. The van der Waals surface area contributed by atoms with E-state index in [1.165, 1.54) is 4.90 Å². The Morgan fingerprint density at radius 1 is 1.37 bits per heavy atom. The Balaban J connectivity index is 1.85. The molecule has 0 bridgehead atoms. The molecule has 0 radical (unpaired) electrons. The molecule has 2 aliphatic rings. The number of nitrogens with zero attached hydrogens (tertiary/aromatic N) is 2. The van der Waals surface area contributed by atoms with Crippen LogP contribution in [0.3, 0.4) is 0 Å². The summed E-state index contributed by atoms with van der Waals surface area (Å²) in [6, 6.07) is 5.53. The Kier molecular flexibility index (Phi) is 5.70. The number of hydrogen-bond donors (Lipinski definition) is 2. The number of benzene rings is 1. The predicted octanol–water partition coefficient (Wildman–Crippen LogP) is 2.65. The van der Waals surface area contributed by atoms with Crippen LogP contribution in [0.25, 0.3) is 0 Å². The maximum absolute atomic E-state index is 13.1. The van der Waals surface area contributed by atoms with Crippen molar-refractivity contribution in [3.8, 4) is 11.8 Å². The van der Waals surface area contributed by atoms with Gasteiger partial charge in [-0.15, -0.1) is 0 Å². The quantitative estimate of drug-likeness (QED) is 0.768. The van der Waals surface area contributed by atoms with Crippen LogP contribution < -0.4 is 10.1 Å². The first-order valence-electron chi connectivity index (χ1n) is 10.1. The number of aliphatic hydroxyl groups is 1. The highest BCUT2D eigenvalue weighted by Gasteiger charge is 2.45. The summed E-state index contributed by atoms with van der Waals surface area (Å²) >= 11 is 0. The van der Waals surface area contributed by atoms with E-state index >= 15 is 0 Å². The third-order valence-electron chi connectivity index (χ3n) is 5.36. The summed E-state index contributed by atoms with van der Waals surface area (Å²) in [5.41, 5.74) is -0.663. The van der Waals surface area contributed by atoms with Crippen molar-refractivity contribution in [2.24, 2.45) is 0 Å². The first kappa shape index (κ1) is 21.9. The number of amides is 2. The third-order valence-corrected chi connectivity index (χ3v) is 5.36. The SMILES string of the molecule is CC(C)(C)OC(=O)N1CCCC1C(=O)NC1c2cc(C#N)ccc2OC(C)(C)C1O. The minimum atomic E-state index is -1.04. The first-order valence-corrected chi connectivity index (χ1v) is 10.1. The van der Waals surface area contributed by atoms with E-state index in [2.05, 4.69) is 11.4 Å². The number of nitriles is 1. The Hall–Kier alpha value is -2.79. The van der Waals surface area contributed by atoms with Gasteiger partial charge in [0.1, 0.15) is 29.1 Å². The van der Waals surface area contributed by atoms with Gasteiger partial charge in [-0.2, -0.15) is 5.26 Å². The van der Waals surface area contributed by atoms with Crippen molar-refractivity contribution in [3.05, 3.63) is 29.3 Å². The second-order valence-electron chi connectivity index (χ2n) is 9.33. The van der Waals surface area contributed by atoms with Crippen LogP contribution in [0, 0.1) is 11.3 Å². The fraction of sp³-hybridized carbons (Fsp3) is 0.591. The summed E-state index contributed by atoms with van der Waals surface area (Å²) in [6.07, 6.45) is -0.368. The van der Waals surface area contributed by atoms with Crippen LogP contribution in [0.15, 0.2) is 18.2 Å². The molecule has 3 rings (SSSR count). The molecule has 30 heavy (non-hydrogen) atoms. The van der Waals surface area contributed by atoms with Crippen LogP contribution in [0.2, 0.25) is 0 Å². The maximum Gasteiger partial charge on any atom is 0.410 e. The fourth-order valence-corrected chi connectivity index (χ4v) is 3.85. The van der Waals surface area contributed by atoms with Crippen LogP contribution in [-0.2, 0) is 9.53 Å². The highest BCUT2D eigenvalue weighted by molar-refractivity contribution is 5.86. The molecule has 8 heteroatoms. The Morgan fingerprint density at radius 3 is 2.70 bits per heavy atom. The van der Waals surface area contributed by atoms with E-state index in [1.54, 1.807) is 52.8 Å². The van der Waals surface area contributed by atoms with Gasteiger partial charge in [-0.3, -0.25) is 9.69 Å². The molecule has 0 aromatic heterocycles. The zero-order valence-electron chi connectivity index (χ0n) is 18.1. The van der Waals surface area contributed by atoms with Crippen molar-refractivity contribution in [3.63, 3.8) is 0 Å². The Bertz CT molecular complexity index is 884. The zero-order chi connectivity index (χ0) is 22.3. The van der Waals surface area contributed by atoms with Gasteiger partial charge in [-0.1, -0.05) is 0 Å². The largest absolute Gasteiger partial charge is 0.485 e.